The molecular formula is C16H16N4. The van der Waals surface area contributed by atoms with Gasteiger partial charge in [-0.05, 0) is 35.1 Å². The highest BCUT2D eigenvalue weighted by Crippen LogP contribution is 2.31. The molecule has 0 aliphatic heterocycles. The molecule has 0 fully saturated rings. The number of hydrogen-bond acceptors (Lipinski definition) is 2. The molecule has 3 rings (SSSR count). The zero-order valence-electron chi connectivity index (χ0n) is 11.0. The van der Waals surface area contributed by atoms with Gasteiger partial charge in [-0.25, -0.2) is 0 Å². The van der Waals surface area contributed by atoms with Gasteiger partial charge in [-0.3, -0.25) is 10.8 Å². The molecule has 1 aliphatic carbocycles. The lowest BCUT2D eigenvalue weighted by Crippen LogP contribution is -2.21. The maximum atomic E-state index is 7.71. The van der Waals surface area contributed by atoms with Crippen molar-refractivity contribution < 1.29 is 0 Å². The average molecular weight is 264 g/mol. The first-order valence-corrected chi connectivity index (χ1v) is 6.48. The van der Waals surface area contributed by atoms with Crippen molar-refractivity contribution in [1.29, 1.82) is 10.8 Å². The number of nitrogen functional groups attached to an aromatic ring is 2. The Morgan fingerprint density at radius 2 is 1.20 bits per heavy atom. The van der Waals surface area contributed by atoms with Crippen molar-refractivity contribution >= 4 is 11.7 Å². The minimum Gasteiger partial charge on any atom is -0.384 e. The van der Waals surface area contributed by atoms with E-state index in [1.54, 1.807) is 0 Å². The van der Waals surface area contributed by atoms with Gasteiger partial charge < -0.3 is 11.5 Å². The topological polar surface area (TPSA) is 99.7 Å². The van der Waals surface area contributed by atoms with E-state index in [-0.39, 0.29) is 11.7 Å². The van der Waals surface area contributed by atoms with Gasteiger partial charge >= 0.3 is 0 Å². The molecule has 0 bridgehead atoms. The highest BCUT2D eigenvalue weighted by Gasteiger charge is 2.21. The number of benzene rings is 2. The highest BCUT2D eigenvalue weighted by molar-refractivity contribution is 5.99. The maximum absolute atomic E-state index is 7.71. The van der Waals surface area contributed by atoms with Crippen LogP contribution in [-0.4, -0.2) is 11.7 Å². The fourth-order valence-electron chi connectivity index (χ4n) is 2.90. The molecule has 2 aromatic carbocycles. The zero-order chi connectivity index (χ0) is 14.3. The molecule has 0 atom stereocenters. The number of fused-ring (bicyclic) bond motifs is 2. The van der Waals surface area contributed by atoms with Crippen LogP contribution in [0.1, 0.15) is 33.4 Å². The number of nitrogens with one attached hydrogen (secondary N) is 2. The third-order valence-corrected chi connectivity index (χ3v) is 3.86. The summed E-state index contributed by atoms with van der Waals surface area (Å²) in [4.78, 5) is 0. The highest BCUT2D eigenvalue weighted by atomic mass is 14.7. The quantitative estimate of drug-likeness (QED) is 0.419. The monoisotopic (exact) mass is 264 g/mol. The van der Waals surface area contributed by atoms with E-state index in [9.17, 15) is 0 Å². The molecule has 1 aliphatic rings. The van der Waals surface area contributed by atoms with Crippen LogP contribution in [0.15, 0.2) is 36.4 Å². The van der Waals surface area contributed by atoms with Crippen LogP contribution in [0.5, 0.6) is 0 Å². The number of amidine groups is 2. The minimum atomic E-state index is 0.0885. The molecule has 6 N–H and O–H groups in total. The van der Waals surface area contributed by atoms with E-state index in [0.717, 1.165) is 28.7 Å². The molecule has 0 saturated heterocycles. The van der Waals surface area contributed by atoms with Crippen LogP contribution in [0.3, 0.4) is 0 Å². The van der Waals surface area contributed by atoms with Gasteiger partial charge in [0, 0.05) is 11.1 Å². The molecule has 0 unspecified atom stereocenters. The van der Waals surface area contributed by atoms with Crippen molar-refractivity contribution in [3.63, 3.8) is 0 Å². The van der Waals surface area contributed by atoms with Crippen LogP contribution >= 0.6 is 0 Å². The van der Waals surface area contributed by atoms with E-state index in [4.69, 9.17) is 22.3 Å². The van der Waals surface area contributed by atoms with Gasteiger partial charge in [0.25, 0.3) is 0 Å². The van der Waals surface area contributed by atoms with Gasteiger partial charge in [-0.2, -0.15) is 0 Å². The maximum Gasteiger partial charge on any atom is 0.123 e. The van der Waals surface area contributed by atoms with Crippen molar-refractivity contribution in [3.05, 3.63) is 69.8 Å². The largest absolute Gasteiger partial charge is 0.384 e. The molecule has 0 spiro atoms. The molecular weight excluding hydrogens is 248 g/mol. The molecule has 0 amide bonds. The van der Waals surface area contributed by atoms with Gasteiger partial charge in [0.2, 0.25) is 0 Å². The van der Waals surface area contributed by atoms with Gasteiger partial charge in [0.05, 0.1) is 0 Å². The van der Waals surface area contributed by atoms with E-state index in [1.165, 1.54) is 11.1 Å². The predicted molar refractivity (Wildman–Crippen MR) is 80.5 cm³/mol. The van der Waals surface area contributed by atoms with Crippen LogP contribution in [0, 0.1) is 10.8 Å². The van der Waals surface area contributed by atoms with Crippen LogP contribution in [0.2, 0.25) is 0 Å². The van der Waals surface area contributed by atoms with Crippen molar-refractivity contribution in [2.24, 2.45) is 11.5 Å². The SMILES string of the molecule is N=C(N)c1cccc2c1Cc1c(cccc1C(=N)N)C2. The summed E-state index contributed by atoms with van der Waals surface area (Å²) in [5.74, 6) is 0.177. The van der Waals surface area contributed by atoms with E-state index in [0.29, 0.717) is 6.42 Å². The molecule has 4 nitrogen and oxygen atoms in total. The fraction of sp³-hybridized carbons (Fsp3) is 0.125. The second-order valence-electron chi connectivity index (χ2n) is 5.07. The van der Waals surface area contributed by atoms with Crippen LogP contribution in [0.4, 0.5) is 0 Å². The van der Waals surface area contributed by atoms with E-state index >= 15 is 0 Å². The summed E-state index contributed by atoms with van der Waals surface area (Å²) in [6.07, 6.45) is 1.48. The predicted octanol–water partition coefficient (Wildman–Crippen LogP) is 1.75. The third-order valence-electron chi connectivity index (χ3n) is 3.86. The second-order valence-corrected chi connectivity index (χ2v) is 5.07. The van der Waals surface area contributed by atoms with Gasteiger partial charge in [-0.1, -0.05) is 36.4 Å². The summed E-state index contributed by atoms with van der Waals surface area (Å²) in [6, 6.07) is 11.8. The van der Waals surface area contributed by atoms with Crippen molar-refractivity contribution in [2.75, 3.05) is 0 Å². The Morgan fingerprint density at radius 1 is 0.750 bits per heavy atom. The molecule has 0 saturated carbocycles. The molecule has 0 radical (unpaired) electrons. The fourth-order valence-corrected chi connectivity index (χ4v) is 2.90. The Kier molecular flexibility index (Phi) is 2.79. The Morgan fingerprint density at radius 3 is 1.60 bits per heavy atom. The number of nitrogens with two attached hydrogens (primary N) is 2. The summed E-state index contributed by atoms with van der Waals surface area (Å²) < 4.78 is 0. The summed E-state index contributed by atoms with van der Waals surface area (Å²) >= 11 is 0. The first kappa shape index (κ1) is 12.4. The van der Waals surface area contributed by atoms with Crippen molar-refractivity contribution in [3.8, 4) is 0 Å². The summed E-state index contributed by atoms with van der Waals surface area (Å²) in [7, 11) is 0. The van der Waals surface area contributed by atoms with Crippen molar-refractivity contribution in [1.82, 2.24) is 0 Å². The normalized spacial score (nSPS) is 12.4. The van der Waals surface area contributed by atoms with Gasteiger partial charge in [0.1, 0.15) is 11.7 Å². The van der Waals surface area contributed by atoms with Crippen LogP contribution in [0.25, 0.3) is 0 Å². The summed E-state index contributed by atoms with van der Waals surface area (Å²) in [5.41, 5.74) is 17.5. The lowest BCUT2D eigenvalue weighted by molar-refractivity contribution is 0.990. The second kappa shape index (κ2) is 4.49. The zero-order valence-corrected chi connectivity index (χ0v) is 11.0. The lowest BCUT2D eigenvalue weighted by Gasteiger charge is -2.24. The van der Waals surface area contributed by atoms with Gasteiger partial charge in [-0.15, -0.1) is 0 Å². The number of rotatable bonds is 2. The first-order valence-electron chi connectivity index (χ1n) is 6.48. The lowest BCUT2D eigenvalue weighted by atomic mass is 9.81. The third kappa shape index (κ3) is 1.86. The molecule has 0 heterocycles. The smallest absolute Gasteiger partial charge is 0.123 e. The Balaban J connectivity index is 2.18. The molecule has 4 heteroatoms. The van der Waals surface area contributed by atoms with Crippen LogP contribution in [-0.2, 0) is 12.8 Å². The number of hydrogen-bond donors (Lipinski definition) is 4. The minimum absolute atomic E-state index is 0.0885. The Labute approximate surface area is 117 Å². The van der Waals surface area contributed by atoms with E-state index in [1.807, 2.05) is 24.3 Å². The molecule has 0 aromatic heterocycles. The summed E-state index contributed by atoms with van der Waals surface area (Å²) in [5, 5.41) is 15.4. The Bertz CT molecular complexity index is 670. The molecule has 2 aromatic rings. The first-order chi connectivity index (χ1) is 9.58. The molecule has 20 heavy (non-hydrogen) atoms. The summed E-state index contributed by atoms with van der Waals surface area (Å²) in [6.45, 7) is 0. The van der Waals surface area contributed by atoms with Crippen LogP contribution < -0.4 is 11.5 Å². The Hall–Kier alpha value is -2.62. The average Bonchev–Trinajstić information content (AvgIpc) is 2.43. The molecule has 100 valence electrons. The van der Waals surface area contributed by atoms with Gasteiger partial charge in [0.15, 0.2) is 0 Å². The standard InChI is InChI=1S/C16H16N4/c17-15(18)11-5-1-3-9-7-10-4-2-6-12(16(19)20)14(10)8-13(9)11/h1-6H,7-8H2,(H3,17,18)(H3,19,20). The van der Waals surface area contributed by atoms with Crippen molar-refractivity contribution in [2.45, 2.75) is 12.8 Å². The van der Waals surface area contributed by atoms with E-state index < -0.39 is 0 Å². The van der Waals surface area contributed by atoms with E-state index in [2.05, 4.69) is 12.1 Å².